The Morgan fingerprint density at radius 2 is 1.54 bits per heavy atom. The second-order valence-corrected chi connectivity index (χ2v) is 8.08. The number of amides is 2. The molecule has 0 bridgehead atoms. The van der Waals surface area contributed by atoms with Gasteiger partial charge in [0.15, 0.2) is 0 Å². The molecule has 0 spiro atoms. The number of alkyl carbamates (subject to hydrolysis) is 1. The molecule has 1 aromatic rings. The molecule has 0 saturated carbocycles. The summed E-state index contributed by atoms with van der Waals surface area (Å²) < 4.78 is 14.9. The molecule has 1 aromatic carbocycles. The number of hydrogen-bond acceptors (Lipinski definition) is 8. The zero-order valence-electron chi connectivity index (χ0n) is 20.4. The van der Waals surface area contributed by atoms with E-state index in [0.29, 0.717) is 0 Å². The summed E-state index contributed by atoms with van der Waals surface area (Å²) in [6.07, 6.45) is -1.30. The molecule has 0 aliphatic rings. The van der Waals surface area contributed by atoms with Crippen molar-refractivity contribution in [2.24, 2.45) is 11.8 Å². The average Bonchev–Trinajstić information content (AvgIpc) is 2.80. The number of carbonyl (C=O) groups is 5. The third-order valence-electron chi connectivity index (χ3n) is 4.78. The van der Waals surface area contributed by atoms with E-state index in [9.17, 15) is 29.1 Å². The summed E-state index contributed by atoms with van der Waals surface area (Å²) in [6, 6.07) is 5.98. The first kappa shape index (κ1) is 29.4. The minimum Gasteiger partial charge on any atom is -0.480 e. The van der Waals surface area contributed by atoms with Crippen molar-refractivity contribution in [2.75, 3.05) is 13.2 Å². The minimum absolute atomic E-state index is 0.0229. The summed E-state index contributed by atoms with van der Waals surface area (Å²) in [4.78, 5) is 61.7. The monoisotopic (exact) mass is 494 g/mol. The van der Waals surface area contributed by atoms with Crippen LogP contribution in [0, 0.1) is 11.8 Å². The maximum atomic E-state index is 13.0. The van der Waals surface area contributed by atoms with E-state index in [0.717, 1.165) is 5.56 Å². The lowest BCUT2D eigenvalue weighted by Crippen LogP contribution is -2.55. The molecule has 0 aliphatic heterocycles. The van der Waals surface area contributed by atoms with Gasteiger partial charge in [0.2, 0.25) is 5.91 Å². The van der Waals surface area contributed by atoms with E-state index in [4.69, 9.17) is 14.2 Å². The molecule has 0 aliphatic carbocycles. The van der Waals surface area contributed by atoms with Crippen molar-refractivity contribution in [2.45, 2.75) is 59.2 Å². The number of carbonyl (C=O) groups excluding carboxylic acids is 4. The summed E-state index contributed by atoms with van der Waals surface area (Å²) >= 11 is 0. The highest BCUT2D eigenvalue weighted by Gasteiger charge is 2.39. The average molecular weight is 495 g/mol. The Morgan fingerprint density at radius 1 is 0.914 bits per heavy atom. The van der Waals surface area contributed by atoms with Crippen molar-refractivity contribution in [1.82, 2.24) is 10.6 Å². The fraction of sp³-hybridized carbons (Fsp3) is 0.542. The molecule has 11 nitrogen and oxygen atoms in total. The fourth-order valence-electron chi connectivity index (χ4n) is 3.18. The molecule has 0 radical (unpaired) electrons. The molecule has 35 heavy (non-hydrogen) atoms. The number of rotatable bonds is 14. The van der Waals surface area contributed by atoms with Gasteiger partial charge >= 0.3 is 24.0 Å². The highest BCUT2D eigenvalue weighted by molar-refractivity contribution is 5.93. The molecule has 0 saturated heterocycles. The van der Waals surface area contributed by atoms with Gasteiger partial charge in [0.1, 0.15) is 18.7 Å². The fourth-order valence-corrected chi connectivity index (χ4v) is 3.18. The maximum absolute atomic E-state index is 13.0. The number of carboxylic acid groups (broad SMARTS) is 1. The van der Waals surface area contributed by atoms with Crippen molar-refractivity contribution in [3.8, 4) is 0 Å². The van der Waals surface area contributed by atoms with Gasteiger partial charge in [0.05, 0.1) is 25.6 Å². The van der Waals surface area contributed by atoms with E-state index in [-0.39, 0.29) is 32.2 Å². The first-order chi connectivity index (χ1) is 16.6. The Morgan fingerprint density at radius 3 is 2.09 bits per heavy atom. The van der Waals surface area contributed by atoms with Crippen LogP contribution in [0.15, 0.2) is 30.3 Å². The lowest BCUT2D eigenvalue weighted by Gasteiger charge is -2.26. The van der Waals surface area contributed by atoms with E-state index in [1.54, 1.807) is 31.2 Å². The largest absolute Gasteiger partial charge is 0.480 e. The van der Waals surface area contributed by atoms with E-state index in [1.165, 1.54) is 6.92 Å². The van der Waals surface area contributed by atoms with E-state index in [1.807, 2.05) is 19.9 Å². The van der Waals surface area contributed by atoms with Gasteiger partial charge in [0, 0.05) is 0 Å². The number of hydrogen-bond donors (Lipinski definition) is 3. The molecule has 3 atom stereocenters. The number of nitrogens with one attached hydrogen (secondary N) is 2. The Hall–Kier alpha value is -3.63. The quantitative estimate of drug-likeness (QED) is 0.260. The molecule has 194 valence electrons. The molecular formula is C24H34N2O9. The molecule has 0 unspecified atom stereocenters. The molecule has 0 fully saturated rings. The van der Waals surface area contributed by atoms with Crippen molar-refractivity contribution in [3.63, 3.8) is 0 Å². The van der Waals surface area contributed by atoms with Crippen molar-refractivity contribution in [1.29, 1.82) is 0 Å². The predicted octanol–water partition coefficient (Wildman–Crippen LogP) is 2.03. The van der Waals surface area contributed by atoms with Gasteiger partial charge < -0.3 is 30.0 Å². The SMILES string of the molecule is CCOC(=O)C[C@@H](C(=O)OCC)[C@H](NC(=O)[C@H](CC(C)C)NC(=O)OCc1ccccc1)C(=O)O. The summed E-state index contributed by atoms with van der Waals surface area (Å²) in [5.41, 5.74) is 0.745. The third kappa shape index (κ3) is 10.9. The zero-order chi connectivity index (χ0) is 26.4. The van der Waals surface area contributed by atoms with Crippen LogP contribution in [0.5, 0.6) is 0 Å². The summed E-state index contributed by atoms with van der Waals surface area (Å²) in [5, 5.41) is 14.4. The number of aliphatic carboxylic acids is 1. The third-order valence-corrected chi connectivity index (χ3v) is 4.78. The number of benzene rings is 1. The lowest BCUT2D eigenvalue weighted by molar-refractivity contribution is -0.160. The topological polar surface area (TPSA) is 157 Å². The maximum Gasteiger partial charge on any atom is 0.408 e. The van der Waals surface area contributed by atoms with Crippen LogP contribution in [0.25, 0.3) is 0 Å². The highest BCUT2D eigenvalue weighted by atomic mass is 16.6. The first-order valence-electron chi connectivity index (χ1n) is 11.4. The standard InChI is InChI=1S/C24H34N2O9/c1-5-33-19(27)13-17(23(31)34-6-2)20(22(29)30)26-21(28)18(12-15(3)4)25-24(32)35-14-16-10-8-7-9-11-16/h7-11,15,17-18,20H,5-6,12-14H2,1-4H3,(H,25,32)(H,26,28)(H,29,30)/t17-,18+,20+/m1/s1. The summed E-state index contributed by atoms with van der Waals surface area (Å²) in [5.74, 6) is -5.75. The van der Waals surface area contributed by atoms with Crippen molar-refractivity contribution >= 4 is 29.9 Å². The molecule has 2 amide bonds. The van der Waals surface area contributed by atoms with Crippen molar-refractivity contribution < 1.29 is 43.3 Å². The smallest absolute Gasteiger partial charge is 0.408 e. The van der Waals surface area contributed by atoms with Crippen LogP contribution in [0.2, 0.25) is 0 Å². The number of esters is 2. The molecule has 11 heteroatoms. The Bertz CT molecular complexity index is 858. The Kier molecular flexibility index (Phi) is 12.9. The van der Waals surface area contributed by atoms with Gasteiger partial charge in [-0.25, -0.2) is 9.59 Å². The molecule has 3 N–H and O–H groups in total. The Balaban J connectivity index is 2.99. The lowest BCUT2D eigenvalue weighted by atomic mass is 9.95. The molecule has 0 aromatic heterocycles. The normalized spacial score (nSPS) is 13.2. The van der Waals surface area contributed by atoms with Crippen LogP contribution >= 0.6 is 0 Å². The van der Waals surface area contributed by atoms with Crippen LogP contribution in [0.4, 0.5) is 4.79 Å². The van der Waals surface area contributed by atoms with E-state index < -0.39 is 54.3 Å². The zero-order valence-corrected chi connectivity index (χ0v) is 20.4. The summed E-state index contributed by atoms with van der Waals surface area (Å²) in [7, 11) is 0. The van der Waals surface area contributed by atoms with E-state index in [2.05, 4.69) is 10.6 Å². The molecule has 1 rings (SSSR count). The van der Waals surface area contributed by atoms with Gasteiger partial charge in [-0.05, 0) is 31.7 Å². The van der Waals surface area contributed by atoms with Crippen LogP contribution in [0.1, 0.15) is 46.1 Å². The van der Waals surface area contributed by atoms with Gasteiger partial charge in [-0.3, -0.25) is 14.4 Å². The van der Waals surface area contributed by atoms with Crippen LogP contribution < -0.4 is 10.6 Å². The summed E-state index contributed by atoms with van der Waals surface area (Å²) in [6.45, 7) is 6.67. The molecule has 0 heterocycles. The van der Waals surface area contributed by atoms with Gasteiger partial charge in [-0.1, -0.05) is 44.2 Å². The van der Waals surface area contributed by atoms with Crippen LogP contribution in [0.3, 0.4) is 0 Å². The number of carboxylic acids is 1. The minimum atomic E-state index is -1.79. The van der Waals surface area contributed by atoms with Gasteiger partial charge in [-0.15, -0.1) is 0 Å². The van der Waals surface area contributed by atoms with Crippen LogP contribution in [-0.4, -0.2) is 60.3 Å². The van der Waals surface area contributed by atoms with Gasteiger partial charge in [-0.2, -0.15) is 0 Å². The van der Waals surface area contributed by atoms with E-state index >= 15 is 0 Å². The second-order valence-electron chi connectivity index (χ2n) is 8.08. The van der Waals surface area contributed by atoms with Crippen LogP contribution in [-0.2, 0) is 40.0 Å². The Labute approximate surface area is 204 Å². The highest BCUT2D eigenvalue weighted by Crippen LogP contribution is 2.15. The number of ether oxygens (including phenoxy) is 3. The second kappa shape index (κ2) is 15.3. The van der Waals surface area contributed by atoms with Gasteiger partial charge in [0.25, 0.3) is 0 Å². The molecular weight excluding hydrogens is 460 g/mol. The van der Waals surface area contributed by atoms with Crippen molar-refractivity contribution in [3.05, 3.63) is 35.9 Å². The first-order valence-corrected chi connectivity index (χ1v) is 11.4. The predicted molar refractivity (Wildman–Crippen MR) is 124 cm³/mol.